The van der Waals surface area contributed by atoms with Crippen molar-refractivity contribution in [3.8, 4) is 0 Å². The van der Waals surface area contributed by atoms with E-state index >= 15 is 0 Å². The lowest BCUT2D eigenvalue weighted by atomic mass is 10.3. The standard InChI is InChI=1S/C7H9F3N2OS/c1-12(2)6-11-3-4(14-6)5(13)7(8,9)10/h3,5,13H,1-2H3/t5-/m0/s1. The summed E-state index contributed by atoms with van der Waals surface area (Å²) in [5, 5.41) is 9.31. The van der Waals surface area contributed by atoms with E-state index in [1.807, 2.05) is 0 Å². The average molecular weight is 226 g/mol. The van der Waals surface area contributed by atoms with E-state index in [2.05, 4.69) is 4.98 Å². The van der Waals surface area contributed by atoms with E-state index in [1.54, 1.807) is 19.0 Å². The zero-order valence-electron chi connectivity index (χ0n) is 7.54. The first-order valence-corrected chi connectivity index (χ1v) is 4.52. The van der Waals surface area contributed by atoms with Crippen molar-refractivity contribution in [1.82, 2.24) is 4.98 Å². The van der Waals surface area contributed by atoms with Crippen LogP contribution in [0.2, 0.25) is 0 Å². The summed E-state index contributed by atoms with van der Waals surface area (Å²) in [6.07, 6.45) is -6.03. The van der Waals surface area contributed by atoms with Crippen molar-refractivity contribution < 1.29 is 18.3 Å². The summed E-state index contributed by atoms with van der Waals surface area (Å²) in [7, 11) is 3.34. The molecule has 0 fully saturated rings. The van der Waals surface area contributed by atoms with Gasteiger partial charge in [0.25, 0.3) is 0 Å². The molecule has 1 N–H and O–H groups in total. The highest BCUT2D eigenvalue weighted by atomic mass is 32.1. The molecule has 0 radical (unpaired) electrons. The van der Waals surface area contributed by atoms with E-state index in [4.69, 9.17) is 5.11 Å². The van der Waals surface area contributed by atoms with Crippen molar-refractivity contribution >= 4 is 16.5 Å². The van der Waals surface area contributed by atoms with E-state index in [0.717, 1.165) is 17.5 Å². The van der Waals surface area contributed by atoms with Crippen molar-refractivity contribution in [1.29, 1.82) is 0 Å². The van der Waals surface area contributed by atoms with Crippen molar-refractivity contribution in [3.05, 3.63) is 11.1 Å². The molecule has 1 aromatic rings. The normalized spacial score (nSPS) is 14.1. The first-order valence-electron chi connectivity index (χ1n) is 3.70. The third-order valence-electron chi connectivity index (χ3n) is 1.47. The summed E-state index contributed by atoms with van der Waals surface area (Å²) in [5.41, 5.74) is 0. The van der Waals surface area contributed by atoms with Gasteiger partial charge < -0.3 is 10.0 Å². The quantitative estimate of drug-likeness (QED) is 0.835. The van der Waals surface area contributed by atoms with Gasteiger partial charge in [-0.1, -0.05) is 11.3 Å². The van der Waals surface area contributed by atoms with Gasteiger partial charge in [-0.05, 0) is 0 Å². The minimum Gasteiger partial charge on any atom is -0.379 e. The number of halogens is 3. The molecule has 0 aromatic carbocycles. The predicted molar refractivity (Wildman–Crippen MR) is 47.5 cm³/mol. The number of rotatable bonds is 2. The van der Waals surface area contributed by atoms with Crippen LogP contribution in [0.3, 0.4) is 0 Å². The molecule has 0 saturated carbocycles. The lowest BCUT2D eigenvalue weighted by Gasteiger charge is -2.11. The second kappa shape index (κ2) is 3.74. The van der Waals surface area contributed by atoms with E-state index in [-0.39, 0.29) is 4.88 Å². The molecule has 0 aliphatic heterocycles. The summed E-state index contributed by atoms with van der Waals surface area (Å²) in [5.74, 6) is 0. The number of thiazole rings is 1. The molecule has 1 aromatic heterocycles. The summed E-state index contributed by atoms with van der Waals surface area (Å²) in [4.78, 5) is 5.12. The highest BCUT2D eigenvalue weighted by molar-refractivity contribution is 7.15. The summed E-state index contributed by atoms with van der Waals surface area (Å²) in [6, 6.07) is 0. The Bertz CT molecular complexity index is 310. The van der Waals surface area contributed by atoms with Crippen LogP contribution in [0.4, 0.5) is 18.3 Å². The molecule has 14 heavy (non-hydrogen) atoms. The number of anilines is 1. The number of hydrogen-bond acceptors (Lipinski definition) is 4. The van der Waals surface area contributed by atoms with E-state index < -0.39 is 12.3 Å². The molecule has 7 heteroatoms. The number of aromatic nitrogens is 1. The van der Waals surface area contributed by atoms with Gasteiger partial charge in [0.2, 0.25) is 0 Å². The van der Waals surface area contributed by atoms with Gasteiger partial charge in [0.15, 0.2) is 11.2 Å². The number of aliphatic hydroxyl groups excluding tert-OH is 1. The molecule has 1 rings (SSSR count). The Hall–Kier alpha value is -0.820. The molecule has 0 bridgehead atoms. The molecule has 1 atom stereocenters. The maximum Gasteiger partial charge on any atom is 0.419 e. The van der Waals surface area contributed by atoms with Crippen molar-refractivity contribution in [3.63, 3.8) is 0 Å². The van der Waals surface area contributed by atoms with Crippen LogP contribution in [-0.4, -0.2) is 30.4 Å². The molecule has 0 spiro atoms. The highest BCUT2D eigenvalue weighted by Gasteiger charge is 2.40. The van der Waals surface area contributed by atoms with Crippen LogP contribution in [-0.2, 0) is 0 Å². The van der Waals surface area contributed by atoms with Crippen LogP contribution in [0.1, 0.15) is 11.0 Å². The van der Waals surface area contributed by atoms with Gasteiger partial charge in [-0.2, -0.15) is 13.2 Å². The number of nitrogens with zero attached hydrogens (tertiary/aromatic N) is 2. The van der Waals surface area contributed by atoms with Gasteiger partial charge in [0, 0.05) is 20.3 Å². The van der Waals surface area contributed by atoms with Crippen LogP contribution in [0.15, 0.2) is 6.20 Å². The minimum absolute atomic E-state index is 0.193. The average Bonchev–Trinajstić information content (AvgIpc) is 2.48. The molecular formula is C7H9F3N2OS. The van der Waals surface area contributed by atoms with Gasteiger partial charge in [-0.25, -0.2) is 4.98 Å². The third kappa shape index (κ3) is 2.36. The highest BCUT2D eigenvalue weighted by Crippen LogP contribution is 2.36. The Morgan fingerprint density at radius 2 is 2.07 bits per heavy atom. The summed E-state index contributed by atoms with van der Waals surface area (Å²) in [6.45, 7) is 0. The van der Waals surface area contributed by atoms with E-state index in [0.29, 0.717) is 5.13 Å². The SMILES string of the molecule is CN(C)c1ncc([C@H](O)C(F)(F)F)s1. The Balaban J connectivity index is 2.87. The molecule has 0 unspecified atom stereocenters. The zero-order valence-corrected chi connectivity index (χ0v) is 8.35. The first-order chi connectivity index (χ1) is 6.32. The fourth-order valence-electron chi connectivity index (χ4n) is 0.771. The second-order valence-corrected chi connectivity index (χ2v) is 3.92. The number of hydrogen-bond donors (Lipinski definition) is 1. The Kier molecular flexibility index (Phi) is 3.01. The molecular weight excluding hydrogens is 217 g/mol. The predicted octanol–water partition coefficient (Wildman–Crippen LogP) is 1.80. The molecule has 1 heterocycles. The monoisotopic (exact) mass is 226 g/mol. The maximum atomic E-state index is 12.1. The van der Waals surface area contributed by atoms with Gasteiger partial charge in [-0.3, -0.25) is 0 Å². The molecule has 80 valence electrons. The molecule has 0 aliphatic carbocycles. The smallest absolute Gasteiger partial charge is 0.379 e. The van der Waals surface area contributed by atoms with Gasteiger partial charge >= 0.3 is 6.18 Å². The molecule has 0 aliphatic rings. The maximum absolute atomic E-state index is 12.1. The largest absolute Gasteiger partial charge is 0.419 e. The number of aliphatic hydroxyl groups is 1. The Morgan fingerprint density at radius 1 is 1.50 bits per heavy atom. The van der Waals surface area contributed by atoms with Gasteiger partial charge in [0.05, 0.1) is 4.88 Å². The van der Waals surface area contributed by atoms with Crippen LogP contribution in [0.5, 0.6) is 0 Å². The van der Waals surface area contributed by atoms with Crippen LogP contribution in [0, 0.1) is 0 Å². The minimum atomic E-state index is -4.63. The van der Waals surface area contributed by atoms with Gasteiger partial charge in [-0.15, -0.1) is 0 Å². The van der Waals surface area contributed by atoms with Crippen molar-refractivity contribution in [2.75, 3.05) is 19.0 Å². The number of alkyl halides is 3. The molecule has 0 saturated heterocycles. The molecule has 0 amide bonds. The molecule has 3 nitrogen and oxygen atoms in total. The van der Waals surface area contributed by atoms with Crippen LogP contribution < -0.4 is 4.90 Å². The van der Waals surface area contributed by atoms with Gasteiger partial charge in [0.1, 0.15) is 0 Å². The summed E-state index contributed by atoms with van der Waals surface area (Å²) < 4.78 is 36.2. The zero-order chi connectivity index (χ0) is 10.9. The van der Waals surface area contributed by atoms with Crippen LogP contribution >= 0.6 is 11.3 Å². The van der Waals surface area contributed by atoms with E-state index in [9.17, 15) is 13.2 Å². The second-order valence-electron chi connectivity index (χ2n) is 2.88. The Morgan fingerprint density at radius 3 is 2.43 bits per heavy atom. The van der Waals surface area contributed by atoms with Crippen molar-refractivity contribution in [2.24, 2.45) is 0 Å². The summed E-state index contributed by atoms with van der Waals surface area (Å²) >= 11 is 0.821. The lowest BCUT2D eigenvalue weighted by molar-refractivity contribution is -0.205. The first kappa shape index (κ1) is 11.3. The fourth-order valence-corrected chi connectivity index (χ4v) is 1.62. The fraction of sp³-hybridized carbons (Fsp3) is 0.571. The third-order valence-corrected chi connectivity index (χ3v) is 2.69. The van der Waals surface area contributed by atoms with Crippen LogP contribution in [0.25, 0.3) is 0 Å². The Labute approximate surface area is 82.8 Å². The van der Waals surface area contributed by atoms with E-state index in [1.165, 1.54) is 0 Å². The lowest BCUT2D eigenvalue weighted by Crippen LogP contribution is -2.19. The van der Waals surface area contributed by atoms with Crippen molar-refractivity contribution in [2.45, 2.75) is 12.3 Å². The topological polar surface area (TPSA) is 36.4 Å².